The van der Waals surface area contributed by atoms with Crippen LogP contribution < -0.4 is 4.74 Å². The van der Waals surface area contributed by atoms with Crippen LogP contribution in [0.4, 0.5) is 0 Å². The molecule has 22 heavy (non-hydrogen) atoms. The van der Waals surface area contributed by atoms with Crippen molar-refractivity contribution in [3.05, 3.63) is 30.0 Å². The fourth-order valence-corrected chi connectivity index (χ4v) is 2.62. The van der Waals surface area contributed by atoms with Crippen molar-refractivity contribution in [3.8, 4) is 5.75 Å². The number of ether oxygens (including phenoxy) is 2. The van der Waals surface area contributed by atoms with Gasteiger partial charge in [-0.3, -0.25) is 4.90 Å². The number of aromatic amines is 1. The third-order valence-corrected chi connectivity index (χ3v) is 3.81. The van der Waals surface area contributed by atoms with E-state index >= 15 is 0 Å². The predicted octanol–water partition coefficient (Wildman–Crippen LogP) is 1.97. The lowest BCUT2D eigenvalue weighted by molar-refractivity contribution is 0.0358. The zero-order valence-corrected chi connectivity index (χ0v) is 12.4. The number of carboxylic acids is 1. The maximum Gasteiger partial charge on any atom is 0.352 e. The summed E-state index contributed by atoms with van der Waals surface area (Å²) in [5, 5.41) is 9.83. The molecule has 0 amide bonds. The lowest BCUT2D eigenvalue weighted by atomic mass is 10.2. The highest BCUT2D eigenvalue weighted by atomic mass is 16.5. The molecule has 0 aliphatic carbocycles. The highest BCUT2D eigenvalue weighted by Gasteiger charge is 2.10. The summed E-state index contributed by atoms with van der Waals surface area (Å²) in [6.45, 7) is 5.28. The van der Waals surface area contributed by atoms with Gasteiger partial charge in [-0.25, -0.2) is 4.79 Å². The van der Waals surface area contributed by atoms with Gasteiger partial charge in [-0.15, -0.1) is 0 Å². The number of benzene rings is 1. The molecular formula is C16H20N2O4. The van der Waals surface area contributed by atoms with Crippen molar-refractivity contribution in [1.82, 2.24) is 9.88 Å². The van der Waals surface area contributed by atoms with Crippen molar-refractivity contribution in [2.75, 3.05) is 39.5 Å². The van der Waals surface area contributed by atoms with Crippen molar-refractivity contribution in [3.63, 3.8) is 0 Å². The molecule has 0 unspecified atom stereocenters. The molecule has 118 valence electrons. The van der Waals surface area contributed by atoms with Gasteiger partial charge in [0.05, 0.1) is 19.8 Å². The molecule has 6 heteroatoms. The topological polar surface area (TPSA) is 74.8 Å². The van der Waals surface area contributed by atoms with Gasteiger partial charge in [0, 0.05) is 30.5 Å². The number of carboxylic acid groups (broad SMARTS) is 1. The fraction of sp³-hybridized carbons (Fsp3) is 0.438. The predicted molar refractivity (Wildman–Crippen MR) is 82.6 cm³/mol. The number of aromatic carboxylic acids is 1. The van der Waals surface area contributed by atoms with Crippen LogP contribution in [0.3, 0.4) is 0 Å². The first-order valence-electron chi connectivity index (χ1n) is 7.51. The smallest absolute Gasteiger partial charge is 0.352 e. The minimum Gasteiger partial charge on any atom is -0.494 e. The van der Waals surface area contributed by atoms with E-state index in [1.54, 1.807) is 6.07 Å². The van der Waals surface area contributed by atoms with Gasteiger partial charge in [0.1, 0.15) is 11.4 Å². The van der Waals surface area contributed by atoms with Crippen LogP contribution in [0.25, 0.3) is 10.9 Å². The molecule has 1 saturated heterocycles. The third kappa shape index (κ3) is 3.58. The van der Waals surface area contributed by atoms with Gasteiger partial charge in [-0.05, 0) is 30.7 Å². The molecule has 0 atom stereocenters. The highest BCUT2D eigenvalue weighted by Crippen LogP contribution is 2.21. The van der Waals surface area contributed by atoms with Gasteiger partial charge >= 0.3 is 5.97 Å². The number of nitrogens with one attached hydrogen (secondary N) is 1. The summed E-state index contributed by atoms with van der Waals surface area (Å²) in [6.07, 6.45) is 0.964. The first-order valence-corrected chi connectivity index (χ1v) is 7.51. The van der Waals surface area contributed by atoms with Crippen molar-refractivity contribution in [1.29, 1.82) is 0 Å². The van der Waals surface area contributed by atoms with Gasteiger partial charge in [0.25, 0.3) is 0 Å². The molecule has 2 heterocycles. The zero-order valence-electron chi connectivity index (χ0n) is 12.4. The average Bonchev–Trinajstić information content (AvgIpc) is 2.96. The first-order chi connectivity index (χ1) is 10.7. The van der Waals surface area contributed by atoms with Crippen LogP contribution in [0, 0.1) is 0 Å². The summed E-state index contributed by atoms with van der Waals surface area (Å²) in [7, 11) is 0. The van der Waals surface area contributed by atoms with Crippen LogP contribution in [-0.4, -0.2) is 60.4 Å². The van der Waals surface area contributed by atoms with E-state index in [1.165, 1.54) is 0 Å². The number of fused-ring (bicyclic) bond motifs is 1. The number of H-pyrrole nitrogens is 1. The fourth-order valence-electron chi connectivity index (χ4n) is 2.62. The van der Waals surface area contributed by atoms with Crippen molar-refractivity contribution in [2.45, 2.75) is 6.42 Å². The third-order valence-electron chi connectivity index (χ3n) is 3.81. The number of rotatable bonds is 6. The maximum atomic E-state index is 10.9. The van der Waals surface area contributed by atoms with E-state index in [0.29, 0.717) is 6.61 Å². The Hall–Kier alpha value is -2.05. The number of carbonyl (C=O) groups is 1. The molecular weight excluding hydrogens is 284 g/mol. The normalized spacial score (nSPS) is 16.0. The zero-order chi connectivity index (χ0) is 15.4. The summed E-state index contributed by atoms with van der Waals surface area (Å²) >= 11 is 0. The molecule has 1 fully saturated rings. The van der Waals surface area contributed by atoms with Gasteiger partial charge in [0.2, 0.25) is 0 Å². The second-order valence-corrected chi connectivity index (χ2v) is 5.39. The minimum absolute atomic E-state index is 0.194. The average molecular weight is 304 g/mol. The summed E-state index contributed by atoms with van der Waals surface area (Å²) in [4.78, 5) is 16.2. The molecule has 0 radical (unpaired) electrons. The van der Waals surface area contributed by atoms with Gasteiger partial charge in [-0.1, -0.05) is 0 Å². The molecule has 1 aliphatic heterocycles. The van der Waals surface area contributed by atoms with Crippen LogP contribution in [0.15, 0.2) is 24.3 Å². The van der Waals surface area contributed by atoms with E-state index in [1.807, 2.05) is 18.2 Å². The molecule has 2 N–H and O–H groups in total. The number of hydrogen-bond acceptors (Lipinski definition) is 4. The number of morpholine rings is 1. The van der Waals surface area contributed by atoms with Gasteiger partial charge < -0.3 is 19.6 Å². The molecule has 0 bridgehead atoms. The number of aromatic nitrogens is 1. The quantitative estimate of drug-likeness (QED) is 0.798. The molecule has 2 aromatic rings. The van der Waals surface area contributed by atoms with Gasteiger partial charge in [-0.2, -0.15) is 0 Å². The van der Waals surface area contributed by atoms with Crippen molar-refractivity contribution >= 4 is 16.9 Å². The number of nitrogens with zero attached hydrogens (tertiary/aromatic N) is 1. The summed E-state index contributed by atoms with van der Waals surface area (Å²) in [5.74, 6) is -0.186. The Morgan fingerprint density at radius 1 is 1.32 bits per heavy atom. The summed E-state index contributed by atoms with van der Waals surface area (Å²) in [5.41, 5.74) is 0.998. The van der Waals surface area contributed by atoms with Crippen LogP contribution in [0.5, 0.6) is 5.75 Å². The minimum atomic E-state index is -0.954. The van der Waals surface area contributed by atoms with Crippen LogP contribution >= 0.6 is 0 Å². The molecule has 6 nitrogen and oxygen atoms in total. The Morgan fingerprint density at radius 2 is 2.14 bits per heavy atom. The van der Waals surface area contributed by atoms with Crippen molar-refractivity contribution < 1.29 is 19.4 Å². The molecule has 0 spiro atoms. The highest BCUT2D eigenvalue weighted by molar-refractivity contribution is 5.94. The SMILES string of the molecule is O=C(O)c1cc2cc(OCCCN3CCOCC3)ccc2[nH]1. The van der Waals surface area contributed by atoms with Crippen LogP contribution in [-0.2, 0) is 4.74 Å². The standard InChI is InChI=1S/C16H20N2O4/c19-16(20)15-11-12-10-13(2-3-14(12)17-15)22-7-1-4-18-5-8-21-9-6-18/h2-3,10-11,17H,1,4-9H2,(H,19,20). The van der Waals surface area contributed by atoms with Gasteiger partial charge in [0.15, 0.2) is 0 Å². The van der Waals surface area contributed by atoms with E-state index in [2.05, 4.69) is 9.88 Å². The monoisotopic (exact) mass is 304 g/mol. The van der Waals surface area contributed by atoms with Crippen LogP contribution in [0.1, 0.15) is 16.9 Å². The van der Waals surface area contributed by atoms with E-state index in [-0.39, 0.29) is 5.69 Å². The Morgan fingerprint density at radius 3 is 2.91 bits per heavy atom. The second-order valence-electron chi connectivity index (χ2n) is 5.39. The molecule has 0 saturated carbocycles. The summed E-state index contributed by atoms with van der Waals surface area (Å²) in [6, 6.07) is 7.20. The lowest BCUT2D eigenvalue weighted by Gasteiger charge is -2.26. The summed E-state index contributed by atoms with van der Waals surface area (Å²) < 4.78 is 11.1. The van der Waals surface area contributed by atoms with E-state index in [9.17, 15) is 4.79 Å². The molecule has 1 aliphatic rings. The van der Waals surface area contributed by atoms with Crippen LogP contribution in [0.2, 0.25) is 0 Å². The molecule has 1 aromatic heterocycles. The largest absolute Gasteiger partial charge is 0.494 e. The Bertz CT molecular complexity index is 647. The Balaban J connectivity index is 1.51. The van der Waals surface area contributed by atoms with E-state index in [0.717, 1.165) is 55.9 Å². The Kier molecular flexibility index (Phi) is 4.60. The van der Waals surface area contributed by atoms with E-state index < -0.39 is 5.97 Å². The number of hydrogen-bond donors (Lipinski definition) is 2. The maximum absolute atomic E-state index is 10.9. The Labute approximate surface area is 128 Å². The molecule has 1 aromatic carbocycles. The van der Waals surface area contributed by atoms with E-state index in [4.69, 9.17) is 14.6 Å². The van der Waals surface area contributed by atoms with Crippen molar-refractivity contribution in [2.24, 2.45) is 0 Å². The molecule has 3 rings (SSSR count). The second kappa shape index (κ2) is 6.81. The lowest BCUT2D eigenvalue weighted by Crippen LogP contribution is -2.37. The first kappa shape index (κ1) is 14.9.